The summed E-state index contributed by atoms with van der Waals surface area (Å²) in [6.07, 6.45) is 2.37. The molecule has 0 aromatic heterocycles. The van der Waals surface area contributed by atoms with Gasteiger partial charge in [0.05, 0.1) is 5.71 Å². The number of ether oxygens (including phenoxy) is 1. The minimum atomic E-state index is -0.623. The molecule has 0 aliphatic carbocycles. The van der Waals surface area contributed by atoms with Crippen LogP contribution in [-0.2, 0) is 11.3 Å². The van der Waals surface area contributed by atoms with Crippen molar-refractivity contribution in [3.05, 3.63) is 77.5 Å². The van der Waals surface area contributed by atoms with Crippen molar-refractivity contribution in [3.8, 4) is 0 Å². The van der Waals surface area contributed by atoms with Crippen molar-refractivity contribution in [1.82, 2.24) is 5.32 Å². The first-order valence-corrected chi connectivity index (χ1v) is 8.66. The number of carbonyl (C=O) groups excluding carboxylic acids is 1. The lowest BCUT2D eigenvalue weighted by Gasteiger charge is -2.19. The Morgan fingerprint density at radius 2 is 1.79 bits per heavy atom. The molecule has 2 aromatic rings. The Morgan fingerprint density at radius 1 is 1.11 bits per heavy atom. The zero-order valence-electron chi connectivity index (χ0n) is 16.0. The third kappa shape index (κ3) is 7.19. The van der Waals surface area contributed by atoms with Crippen molar-refractivity contribution in [2.75, 3.05) is 5.32 Å². The van der Waals surface area contributed by atoms with Crippen molar-refractivity contribution in [3.63, 3.8) is 0 Å². The van der Waals surface area contributed by atoms with Crippen LogP contribution in [0.4, 0.5) is 19.3 Å². The zero-order chi connectivity index (χ0) is 20.7. The van der Waals surface area contributed by atoms with Crippen molar-refractivity contribution >= 4 is 17.5 Å². The number of allylic oxidation sites excluding steroid dienone is 1. The van der Waals surface area contributed by atoms with Gasteiger partial charge in [0, 0.05) is 24.0 Å². The molecule has 2 rings (SSSR count). The van der Waals surface area contributed by atoms with Crippen LogP contribution in [0.2, 0.25) is 0 Å². The fraction of sp³-hybridized carbons (Fsp3) is 0.238. The number of amides is 1. The van der Waals surface area contributed by atoms with Gasteiger partial charge in [-0.15, -0.1) is 0 Å². The summed E-state index contributed by atoms with van der Waals surface area (Å²) in [7, 11) is 0. The summed E-state index contributed by atoms with van der Waals surface area (Å²) in [6.45, 7) is 5.33. The van der Waals surface area contributed by atoms with E-state index in [-0.39, 0.29) is 18.1 Å². The molecule has 1 amide bonds. The first-order chi connectivity index (χ1) is 13.1. The predicted molar refractivity (Wildman–Crippen MR) is 105 cm³/mol. The van der Waals surface area contributed by atoms with E-state index in [1.165, 1.54) is 36.5 Å². The minimum Gasteiger partial charge on any atom is -0.444 e. The summed E-state index contributed by atoms with van der Waals surface area (Å²) >= 11 is 0. The SMILES string of the molecule is CC(C)(C)OC(=O)NCc1cc(F)cc(C(=N)/C=C\Nc2ccc(F)cc2)c1. The maximum atomic E-state index is 13.9. The molecular formula is C21H23F2N3O2. The van der Waals surface area contributed by atoms with Crippen LogP contribution in [0.5, 0.6) is 0 Å². The number of anilines is 1. The Hall–Kier alpha value is -3.22. The lowest BCUT2D eigenvalue weighted by Crippen LogP contribution is -2.32. The molecule has 0 saturated carbocycles. The molecule has 0 fully saturated rings. The molecule has 0 bridgehead atoms. The molecule has 28 heavy (non-hydrogen) atoms. The minimum absolute atomic E-state index is 0.0739. The molecule has 0 unspecified atom stereocenters. The number of hydrogen-bond acceptors (Lipinski definition) is 4. The average Bonchev–Trinajstić information content (AvgIpc) is 2.59. The lowest BCUT2D eigenvalue weighted by molar-refractivity contribution is 0.0523. The van der Waals surface area contributed by atoms with E-state index in [2.05, 4.69) is 10.6 Å². The Labute approximate surface area is 162 Å². The molecule has 5 nitrogen and oxygen atoms in total. The summed E-state index contributed by atoms with van der Waals surface area (Å²) in [5.41, 5.74) is 0.977. The van der Waals surface area contributed by atoms with Crippen LogP contribution < -0.4 is 10.6 Å². The van der Waals surface area contributed by atoms with Gasteiger partial charge in [-0.05, 0) is 74.9 Å². The highest BCUT2D eigenvalue weighted by molar-refractivity contribution is 6.06. The number of benzene rings is 2. The monoisotopic (exact) mass is 387 g/mol. The van der Waals surface area contributed by atoms with Gasteiger partial charge in [0.1, 0.15) is 17.2 Å². The molecular weight excluding hydrogens is 364 g/mol. The number of halogens is 2. The summed E-state index contributed by atoms with van der Waals surface area (Å²) in [5.74, 6) is -0.849. The van der Waals surface area contributed by atoms with Gasteiger partial charge in [-0.1, -0.05) is 0 Å². The van der Waals surface area contributed by atoms with Gasteiger partial charge >= 0.3 is 6.09 Å². The Morgan fingerprint density at radius 3 is 2.43 bits per heavy atom. The van der Waals surface area contributed by atoms with Gasteiger partial charge in [-0.25, -0.2) is 13.6 Å². The normalized spacial score (nSPS) is 11.3. The molecule has 2 aromatic carbocycles. The number of rotatable bonds is 6. The standard InChI is InChI=1S/C21H23F2N3O2/c1-21(2,3)28-20(27)26-13-14-10-15(12-17(23)11-14)19(24)8-9-25-18-6-4-16(22)5-7-18/h4-12,24-25H,13H2,1-3H3,(H,26,27)/b9-8-,24-19?. The van der Waals surface area contributed by atoms with Crippen molar-refractivity contribution in [2.45, 2.75) is 32.9 Å². The second-order valence-electron chi connectivity index (χ2n) is 7.10. The number of carbonyl (C=O) groups is 1. The van der Waals surface area contributed by atoms with E-state index in [9.17, 15) is 13.6 Å². The average molecular weight is 387 g/mol. The van der Waals surface area contributed by atoms with Crippen LogP contribution in [0, 0.1) is 17.0 Å². The highest BCUT2D eigenvalue weighted by Crippen LogP contribution is 2.13. The van der Waals surface area contributed by atoms with Crippen molar-refractivity contribution in [2.24, 2.45) is 0 Å². The first-order valence-electron chi connectivity index (χ1n) is 8.66. The number of hydrogen-bond donors (Lipinski definition) is 3. The molecule has 0 heterocycles. The molecule has 0 aliphatic rings. The Kier molecular flexibility index (Phi) is 6.87. The van der Waals surface area contributed by atoms with Crippen LogP contribution in [0.25, 0.3) is 0 Å². The van der Waals surface area contributed by atoms with E-state index in [1.807, 2.05) is 0 Å². The van der Waals surface area contributed by atoms with Gasteiger partial charge in [-0.3, -0.25) is 0 Å². The van der Waals surface area contributed by atoms with Gasteiger partial charge in [0.15, 0.2) is 0 Å². The van der Waals surface area contributed by atoms with Crippen LogP contribution in [0.3, 0.4) is 0 Å². The molecule has 7 heteroatoms. The predicted octanol–water partition coefficient (Wildman–Crippen LogP) is 4.98. The first kappa shape index (κ1) is 21.1. The smallest absolute Gasteiger partial charge is 0.407 e. The van der Waals surface area contributed by atoms with E-state index in [0.717, 1.165) is 0 Å². The van der Waals surface area contributed by atoms with Crippen LogP contribution in [0.15, 0.2) is 54.7 Å². The molecule has 3 N–H and O–H groups in total. The van der Waals surface area contributed by atoms with Crippen LogP contribution >= 0.6 is 0 Å². The van der Waals surface area contributed by atoms with Crippen LogP contribution in [-0.4, -0.2) is 17.4 Å². The Balaban J connectivity index is 1.99. The molecule has 0 radical (unpaired) electrons. The molecule has 0 aliphatic heterocycles. The summed E-state index contributed by atoms with van der Waals surface area (Å²) in [6, 6.07) is 9.90. The number of nitrogens with one attached hydrogen (secondary N) is 3. The molecule has 0 saturated heterocycles. The van der Waals surface area contributed by atoms with Gasteiger partial charge in [0.25, 0.3) is 0 Å². The van der Waals surface area contributed by atoms with E-state index in [0.29, 0.717) is 16.8 Å². The maximum Gasteiger partial charge on any atom is 0.407 e. The summed E-state index contributed by atoms with van der Waals surface area (Å²) in [5, 5.41) is 13.6. The fourth-order valence-electron chi connectivity index (χ4n) is 2.26. The second kappa shape index (κ2) is 9.12. The molecule has 0 atom stereocenters. The van der Waals surface area contributed by atoms with Crippen molar-refractivity contribution < 1.29 is 18.3 Å². The van der Waals surface area contributed by atoms with E-state index >= 15 is 0 Å². The molecule has 0 spiro atoms. The Bertz CT molecular complexity index is 872. The van der Waals surface area contributed by atoms with Crippen LogP contribution in [0.1, 0.15) is 31.9 Å². The second-order valence-corrected chi connectivity index (χ2v) is 7.10. The summed E-state index contributed by atoms with van der Waals surface area (Å²) < 4.78 is 31.9. The largest absolute Gasteiger partial charge is 0.444 e. The quantitative estimate of drug-likeness (QED) is 0.612. The van der Waals surface area contributed by atoms with E-state index in [1.54, 1.807) is 39.0 Å². The maximum absolute atomic E-state index is 13.9. The van der Waals surface area contributed by atoms with E-state index in [4.69, 9.17) is 10.1 Å². The van der Waals surface area contributed by atoms with Gasteiger partial charge in [-0.2, -0.15) is 0 Å². The zero-order valence-corrected chi connectivity index (χ0v) is 16.0. The third-order valence-corrected chi connectivity index (χ3v) is 3.45. The highest BCUT2D eigenvalue weighted by Gasteiger charge is 2.16. The molecule has 148 valence electrons. The number of alkyl carbamates (subject to hydrolysis) is 1. The van der Waals surface area contributed by atoms with Gasteiger partial charge < -0.3 is 20.8 Å². The van der Waals surface area contributed by atoms with Gasteiger partial charge in [0.2, 0.25) is 0 Å². The third-order valence-electron chi connectivity index (χ3n) is 3.45. The van der Waals surface area contributed by atoms with E-state index < -0.39 is 17.5 Å². The lowest BCUT2D eigenvalue weighted by atomic mass is 10.1. The summed E-state index contributed by atoms with van der Waals surface area (Å²) in [4.78, 5) is 11.7. The highest BCUT2D eigenvalue weighted by atomic mass is 19.1. The van der Waals surface area contributed by atoms with Crippen molar-refractivity contribution in [1.29, 1.82) is 5.41 Å². The fourth-order valence-corrected chi connectivity index (χ4v) is 2.26. The topological polar surface area (TPSA) is 74.2 Å².